The van der Waals surface area contributed by atoms with Gasteiger partial charge in [-0.05, 0) is 60.4 Å². The van der Waals surface area contributed by atoms with Crippen LogP contribution in [0.25, 0.3) is 5.57 Å². The van der Waals surface area contributed by atoms with Gasteiger partial charge >= 0.3 is 0 Å². The van der Waals surface area contributed by atoms with Gasteiger partial charge < -0.3 is 10.2 Å². The van der Waals surface area contributed by atoms with Crippen LogP contribution in [-0.4, -0.2) is 11.7 Å². The smallest absolute Gasteiger partial charge is 0.254 e. The molecule has 1 aliphatic heterocycles. The molecule has 1 fully saturated rings. The number of para-hydroxylation sites is 1. The second-order valence-electron chi connectivity index (χ2n) is 8.77. The zero-order valence-corrected chi connectivity index (χ0v) is 19.5. The minimum atomic E-state index is -0.598. The fourth-order valence-corrected chi connectivity index (χ4v) is 5.09. The van der Waals surface area contributed by atoms with Crippen molar-refractivity contribution >= 4 is 34.6 Å². The molecule has 0 saturated heterocycles. The van der Waals surface area contributed by atoms with Crippen LogP contribution in [-0.2, 0) is 16.1 Å². The molecular formula is C28H24ClFN2O2. The molecule has 1 amide bonds. The van der Waals surface area contributed by atoms with Crippen molar-refractivity contribution in [3.63, 3.8) is 0 Å². The van der Waals surface area contributed by atoms with E-state index in [1.54, 1.807) is 12.1 Å². The van der Waals surface area contributed by atoms with E-state index in [0.717, 1.165) is 22.5 Å². The van der Waals surface area contributed by atoms with Crippen LogP contribution in [0.5, 0.6) is 0 Å². The van der Waals surface area contributed by atoms with Crippen LogP contribution in [0.2, 0.25) is 5.02 Å². The van der Waals surface area contributed by atoms with Crippen LogP contribution < -0.4 is 10.2 Å². The average molecular weight is 475 g/mol. The lowest BCUT2D eigenvalue weighted by atomic mass is 9.75. The second kappa shape index (κ2) is 9.07. The van der Waals surface area contributed by atoms with Gasteiger partial charge in [-0.1, -0.05) is 54.1 Å². The third-order valence-electron chi connectivity index (χ3n) is 6.78. The van der Waals surface area contributed by atoms with Crippen molar-refractivity contribution in [3.8, 4) is 0 Å². The van der Waals surface area contributed by atoms with Gasteiger partial charge in [0.15, 0.2) is 0 Å². The predicted octanol–water partition coefficient (Wildman–Crippen LogP) is 6.07. The minimum Gasteiger partial charge on any atom is -0.344 e. The molecule has 1 unspecified atom stereocenters. The van der Waals surface area contributed by atoms with Gasteiger partial charge in [-0.2, -0.15) is 0 Å². The third-order valence-corrected chi connectivity index (χ3v) is 7.13. The van der Waals surface area contributed by atoms with Crippen molar-refractivity contribution in [1.82, 2.24) is 5.32 Å². The molecule has 172 valence electrons. The van der Waals surface area contributed by atoms with Gasteiger partial charge in [0.05, 0.1) is 11.6 Å². The van der Waals surface area contributed by atoms with E-state index in [1.165, 1.54) is 12.1 Å². The molecule has 1 saturated carbocycles. The summed E-state index contributed by atoms with van der Waals surface area (Å²) < 4.78 is 14.0. The molecule has 6 heteroatoms. The monoisotopic (exact) mass is 474 g/mol. The molecule has 4 nitrogen and oxygen atoms in total. The lowest BCUT2D eigenvalue weighted by Crippen LogP contribution is -2.42. The van der Waals surface area contributed by atoms with Crippen LogP contribution in [0.15, 0.2) is 78.5 Å². The summed E-state index contributed by atoms with van der Waals surface area (Å²) in [4.78, 5) is 28.2. The summed E-state index contributed by atoms with van der Waals surface area (Å²) in [6, 6.07) is 20.9. The lowest BCUT2D eigenvalue weighted by Gasteiger charge is -2.36. The molecule has 3 aromatic carbocycles. The van der Waals surface area contributed by atoms with Crippen LogP contribution in [0.4, 0.5) is 10.1 Å². The number of hydrogen-bond donors (Lipinski definition) is 1. The van der Waals surface area contributed by atoms with Gasteiger partial charge in [-0.3, -0.25) is 9.59 Å². The van der Waals surface area contributed by atoms with E-state index in [1.807, 2.05) is 55.5 Å². The molecule has 34 heavy (non-hydrogen) atoms. The van der Waals surface area contributed by atoms with Gasteiger partial charge in [0.25, 0.3) is 5.91 Å². The number of nitrogens with zero attached hydrogens (tertiary/aromatic N) is 1. The number of carbonyl (C=O) groups excluding carboxylic acids is 2. The maximum absolute atomic E-state index is 14.0. The molecule has 0 radical (unpaired) electrons. The van der Waals surface area contributed by atoms with E-state index in [0.29, 0.717) is 35.5 Å². The Morgan fingerprint density at radius 3 is 2.53 bits per heavy atom. The highest BCUT2D eigenvalue weighted by molar-refractivity contribution is 6.32. The lowest BCUT2D eigenvalue weighted by molar-refractivity contribution is -0.131. The molecular weight excluding hydrogens is 451 g/mol. The number of benzene rings is 3. The number of fused-ring (bicyclic) bond motifs is 1. The van der Waals surface area contributed by atoms with Crippen molar-refractivity contribution in [2.75, 3.05) is 4.90 Å². The summed E-state index contributed by atoms with van der Waals surface area (Å²) in [6.45, 7) is 2.45. The number of anilines is 1. The summed E-state index contributed by atoms with van der Waals surface area (Å²) >= 11 is 6.57. The van der Waals surface area contributed by atoms with E-state index in [4.69, 9.17) is 11.6 Å². The molecule has 2 atom stereocenters. The standard InChI is InChI=1S/C28H24ClFN2O2/c1-17-26(21-11-6-12-24(29)23(21)16-32(17)20-9-3-2-4-10-20)28(34)31-27(22-13-14-25(22)33)18-7-5-8-19(30)15-18/h2-12,15,22,27H,13-14,16H2,1H3,(H,31,34)/t22?,27-/m1/s1. The van der Waals surface area contributed by atoms with Crippen molar-refractivity contribution in [3.05, 3.63) is 106 Å². The molecule has 0 spiro atoms. The first-order chi connectivity index (χ1) is 16.4. The molecule has 1 N–H and O–H groups in total. The Kier molecular flexibility index (Phi) is 5.96. The zero-order valence-electron chi connectivity index (χ0n) is 18.7. The largest absolute Gasteiger partial charge is 0.344 e. The number of allylic oxidation sites excluding steroid dienone is 1. The number of halogens is 2. The Morgan fingerprint density at radius 1 is 1.09 bits per heavy atom. The van der Waals surface area contributed by atoms with Gasteiger partial charge in [0.2, 0.25) is 0 Å². The molecule has 0 aromatic heterocycles. The van der Waals surface area contributed by atoms with Gasteiger partial charge in [0, 0.05) is 35.3 Å². The van der Waals surface area contributed by atoms with Crippen LogP contribution in [0, 0.1) is 11.7 Å². The number of hydrogen-bond acceptors (Lipinski definition) is 3. The molecule has 1 heterocycles. The van der Waals surface area contributed by atoms with Crippen molar-refractivity contribution in [2.24, 2.45) is 5.92 Å². The highest BCUT2D eigenvalue weighted by atomic mass is 35.5. The summed E-state index contributed by atoms with van der Waals surface area (Å²) in [6.07, 6.45) is 1.14. The first-order valence-electron chi connectivity index (χ1n) is 11.3. The summed E-state index contributed by atoms with van der Waals surface area (Å²) in [7, 11) is 0. The Balaban J connectivity index is 1.57. The number of Topliss-reactive ketones (excluding diaryl/α,β-unsaturated/α-hetero) is 1. The number of rotatable bonds is 5. The SMILES string of the molecule is CC1=C(C(=O)N[C@H](c2cccc(F)c2)C2CCC2=O)c2cccc(Cl)c2CN1c1ccccc1. The van der Waals surface area contributed by atoms with Crippen LogP contribution >= 0.6 is 11.6 Å². The first-order valence-corrected chi connectivity index (χ1v) is 11.7. The van der Waals surface area contributed by atoms with E-state index >= 15 is 0 Å². The first kappa shape index (κ1) is 22.4. The Morgan fingerprint density at radius 2 is 1.85 bits per heavy atom. The fourth-order valence-electron chi connectivity index (χ4n) is 4.85. The average Bonchev–Trinajstić information content (AvgIpc) is 2.83. The van der Waals surface area contributed by atoms with Crippen molar-refractivity contribution in [1.29, 1.82) is 0 Å². The normalized spacial score (nSPS) is 18.3. The number of amides is 1. The maximum Gasteiger partial charge on any atom is 0.254 e. The third kappa shape index (κ3) is 4.01. The van der Waals surface area contributed by atoms with Gasteiger partial charge in [-0.25, -0.2) is 4.39 Å². The summed E-state index contributed by atoms with van der Waals surface area (Å²) in [5, 5.41) is 3.66. The van der Waals surface area contributed by atoms with Crippen LogP contribution in [0.3, 0.4) is 0 Å². The quantitative estimate of drug-likeness (QED) is 0.488. The highest BCUT2D eigenvalue weighted by Crippen LogP contribution is 2.40. The van der Waals surface area contributed by atoms with Crippen molar-refractivity contribution in [2.45, 2.75) is 32.4 Å². The van der Waals surface area contributed by atoms with Crippen LogP contribution in [0.1, 0.15) is 42.5 Å². The number of ketones is 1. The second-order valence-corrected chi connectivity index (χ2v) is 9.17. The van der Waals surface area contributed by atoms with E-state index < -0.39 is 11.9 Å². The molecule has 5 rings (SSSR count). The Bertz CT molecular complexity index is 1300. The minimum absolute atomic E-state index is 0.0817. The highest BCUT2D eigenvalue weighted by Gasteiger charge is 2.38. The van der Waals surface area contributed by atoms with E-state index in [2.05, 4.69) is 10.2 Å². The predicted molar refractivity (Wildman–Crippen MR) is 132 cm³/mol. The molecule has 0 bridgehead atoms. The number of carbonyl (C=O) groups is 2. The van der Waals surface area contributed by atoms with Gasteiger partial charge in [-0.15, -0.1) is 0 Å². The fraction of sp³-hybridized carbons (Fsp3) is 0.214. The molecule has 2 aliphatic rings. The Hall–Kier alpha value is -3.44. The number of nitrogens with one attached hydrogen (secondary N) is 1. The van der Waals surface area contributed by atoms with Gasteiger partial charge in [0.1, 0.15) is 11.6 Å². The van der Waals surface area contributed by atoms with E-state index in [9.17, 15) is 14.0 Å². The van der Waals surface area contributed by atoms with Crippen molar-refractivity contribution < 1.29 is 14.0 Å². The molecule has 1 aliphatic carbocycles. The topological polar surface area (TPSA) is 49.4 Å². The maximum atomic E-state index is 14.0. The Labute approximate surface area is 203 Å². The summed E-state index contributed by atoms with van der Waals surface area (Å²) in [5.74, 6) is -0.989. The van der Waals surface area contributed by atoms with E-state index in [-0.39, 0.29) is 17.6 Å². The molecule has 3 aromatic rings. The summed E-state index contributed by atoms with van der Waals surface area (Å²) in [5.41, 5.74) is 4.47. The zero-order chi connectivity index (χ0) is 23.8.